The van der Waals surface area contributed by atoms with Crippen LogP contribution in [-0.2, 0) is 27.0 Å². The summed E-state index contributed by atoms with van der Waals surface area (Å²) in [5.41, 5.74) is 11.7. The third-order valence-electron chi connectivity index (χ3n) is 6.29. The number of aryl methyl sites for hydroxylation is 1. The van der Waals surface area contributed by atoms with Crippen LogP contribution in [-0.4, -0.2) is 73.3 Å². The van der Waals surface area contributed by atoms with Gasteiger partial charge in [0, 0.05) is 31.7 Å². The van der Waals surface area contributed by atoms with Crippen molar-refractivity contribution < 1.29 is 32.3 Å². The van der Waals surface area contributed by atoms with Gasteiger partial charge in [-0.15, -0.1) is 0 Å². The van der Waals surface area contributed by atoms with Crippen molar-refractivity contribution in [3.8, 4) is 0 Å². The first-order chi connectivity index (χ1) is 20.0. The number of carbonyl (C=O) groups excluding carboxylic acids is 4. The topological polar surface area (TPSA) is 160 Å². The first-order valence-electron chi connectivity index (χ1n) is 13.6. The molecular weight excluding hydrogens is 553 g/mol. The van der Waals surface area contributed by atoms with Crippen molar-refractivity contribution >= 4 is 23.6 Å². The van der Waals surface area contributed by atoms with Crippen LogP contribution in [0.3, 0.4) is 0 Å². The Hall–Kier alpha value is -4.10. The highest BCUT2D eigenvalue weighted by Gasteiger charge is 2.30. The molecule has 0 saturated heterocycles. The molecule has 0 radical (unpaired) electrons. The number of amides is 4. The Kier molecular flexibility index (Phi) is 13.8. The van der Waals surface area contributed by atoms with E-state index in [-0.39, 0.29) is 43.9 Å². The Balaban J connectivity index is 1.95. The van der Waals surface area contributed by atoms with Crippen LogP contribution in [0, 0.1) is 6.92 Å². The molecule has 7 N–H and O–H groups in total. The molecule has 228 valence electrons. The van der Waals surface area contributed by atoms with Gasteiger partial charge in [0.2, 0.25) is 17.7 Å². The molecule has 0 saturated carbocycles. The van der Waals surface area contributed by atoms with Gasteiger partial charge in [-0.05, 0) is 42.7 Å². The van der Waals surface area contributed by atoms with Gasteiger partial charge in [-0.3, -0.25) is 19.2 Å². The fourth-order valence-corrected chi connectivity index (χ4v) is 4.02. The van der Waals surface area contributed by atoms with E-state index in [9.17, 15) is 32.3 Å². The zero-order valence-corrected chi connectivity index (χ0v) is 23.3. The highest BCUT2D eigenvalue weighted by atomic mass is 19.4. The molecule has 2 aromatic carbocycles. The molecule has 0 fully saturated rings. The maximum atomic E-state index is 13.0. The lowest BCUT2D eigenvalue weighted by molar-refractivity contribution is -0.137. The molecule has 0 heterocycles. The van der Waals surface area contributed by atoms with E-state index in [0.29, 0.717) is 25.9 Å². The molecule has 42 heavy (non-hydrogen) atoms. The van der Waals surface area contributed by atoms with Crippen LogP contribution in [0.4, 0.5) is 13.2 Å². The van der Waals surface area contributed by atoms with Crippen molar-refractivity contribution in [1.82, 2.24) is 20.9 Å². The van der Waals surface area contributed by atoms with Gasteiger partial charge in [0.25, 0.3) is 5.91 Å². The molecule has 0 bridgehead atoms. The standard InChI is InChI=1S/C29H37F3N6O4/c1-2-17-38(18-14-33)25(39)19-23(34)27(41)37-24(13-8-20-6-4-3-5-7-20)28(42)36-16-15-35-26(40)21-9-11-22(12-10-21)29(30,31)32/h3-7,9-12,23-24H,1-2,8,13-19,33-34H2,(H2-,35,36,37,40,41,42)/p+1. The summed E-state index contributed by atoms with van der Waals surface area (Å²) in [6, 6.07) is 10.9. The number of carbonyl (C=O) groups is 4. The van der Waals surface area contributed by atoms with Crippen molar-refractivity contribution in [2.45, 2.75) is 43.9 Å². The predicted molar refractivity (Wildman–Crippen MR) is 152 cm³/mol. The molecule has 10 nitrogen and oxygen atoms in total. The second-order valence-corrected chi connectivity index (χ2v) is 9.54. The van der Waals surface area contributed by atoms with Crippen LogP contribution in [0.25, 0.3) is 0 Å². The minimum atomic E-state index is -4.51. The molecule has 2 aromatic rings. The first kappa shape index (κ1) is 34.1. The largest absolute Gasteiger partial charge is 0.416 e. The molecule has 0 aliphatic rings. The summed E-state index contributed by atoms with van der Waals surface area (Å²) >= 11 is 0. The van der Waals surface area contributed by atoms with Gasteiger partial charge < -0.3 is 32.3 Å². The molecule has 2 atom stereocenters. The van der Waals surface area contributed by atoms with Crippen molar-refractivity contribution in [3.63, 3.8) is 0 Å². The summed E-state index contributed by atoms with van der Waals surface area (Å²) in [6.07, 6.45) is -3.61. The molecule has 0 aliphatic heterocycles. The normalized spacial score (nSPS) is 12.6. The highest BCUT2D eigenvalue weighted by Crippen LogP contribution is 2.29. The van der Waals surface area contributed by atoms with E-state index in [1.54, 1.807) is 0 Å². The second-order valence-electron chi connectivity index (χ2n) is 9.54. The van der Waals surface area contributed by atoms with E-state index in [1.165, 1.54) is 4.90 Å². The second kappa shape index (κ2) is 17.0. The lowest BCUT2D eigenvalue weighted by atomic mass is 10.0. The maximum absolute atomic E-state index is 13.0. The van der Waals surface area contributed by atoms with E-state index in [4.69, 9.17) is 11.5 Å². The maximum Gasteiger partial charge on any atom is 0.416 e. The van der Waals surface area contributed by atoms with E-state index in [0.717, 1.165) is 29.8 Å². The zero-order chi connectivity index (χ0) is 31.1. The van der Waals surface area contributed by atoms with Gasteiger partial charge in [0.15, 0.2) is 0 Å². The summed E-state index contributed by atoms with van der Waals surface area (Å²) < 4.78 is 38.2. The molecule has 2 rings (SSSR count). The van der Waals surface area contributed by atoms with Crippen molar-refractivity contribution in [1.29, 1.82) is 0 Å². The fraction of sp³-hybridized carbons (Fsp3) is 0.414. The molecule has 0 aliphatic carbocycles. The van der Waals surface area contributed by atoms with Gasteiger partial charge in [-0.2, -0.15) is 13.2 Å². The number of nitrogens with two attached hydrogens (primary N) is 2. The Labute approximate surface area is 243 Å². The van der Waals surface area contributed by atoms with Crippen molar-refractivity contribution in [2.75, 3.05) is 32.7 Å². The number of benzene rings is 2. The van der Waals surface area contributed by atoms with Crippen LogP contribution >= 0.6 is 0 Å². The molecular formula is C29H38F3N6O4+. The van der Waals surface area contributed by atoms with Gasteiger partial charge >= 0.3 is 6.18 Å². The monoisotopic (exact) mass is 591 g/mol. The predicted octanol–water partition coefficient (Wildman–Crippen LogP) is 1.40. The number of halogens is 3. The third-order valence-corrected chi connectivity index (χ3v) is 6.29. The van der Waals surface area contributed by atoms with Gasteiger partial charge in [-0.1, -0.05) is 30.3 Å². The fourth-order valence-electron chi connectivity index (χ4n) is 4.02. The van der Waals surface area contributed by atoms with Gasteiger partial charge in [0.05, 0.1) is 31.5 Å². The highest BCUT2D eigenvalue weighted by molar-refractivity contribution is 5.94. The molecule has 13 heteroatoms. The van der Waals surface area contributed by atoms with Crippen LogP contribution in [0.1, 0.15) is 40.7 Å². The van der Waals surface area contributed by atoms with E-state index < -0.39 is 41.5 Å². The van der Waals surface area contributed by atoms with Crippen LogP contribution in [0.15, 0.2) is 54.6 Å². The summed E-state index contributed by atoms with van der Waals surface area (Å²) in [6.45, 7) is 4.64. The molecule has 0 aromatic heterocycles. The van der Waals surface area contributed by atoms with Gasteiger partial charge in [-0.25, -0.2) is 0 Å². The minimum absolute atomic E-state index is 0.00738. The average molecular weight is 592 g/mol. The summed E-state index contributed by atoms with van der Waals surface area (Å²) in [5, 5.41) is 7.79. The lowest BCUT2D eigenvalue weighted by Gasteiger charge is -2.23. The number of alkyl halides is 3. The number of hydrogen-bond acceptors (Lipinski definition) is 6. The van der Waals surface area contributed by atoms with Gasteiger partial charge in [0.1, 0.15) is 12.5 Å². The Morgan fingerprint density at radius 1 is 0.905 bits per heavy atom. The Bertz CT molecular complexity index is 1160. The summed E-state index contributed by atoms with van der Waals surface area (Å²) in [5.74, 6) is -2.15. The van der Waals surface area contributed by atoms with E-state index >= 15 is 0 Å². The number of nitrogens with one attached hydrogen (secondary N) is 3. The van der Waals surface area contributed by atoms with Crippen molar-refractivity contribution in [2.24, 2.45) is 11.5 Å². The first-order valence-corrected chi connectivity index (χ1v) is 13.6. The quantitative estimate of drug-likeness (QED) is 0.147. The summed E-state index contributed by atoms with van der Waals surface area (Å²) in [7, 11) is 0. The SMILES string of the molecule is [CH2+]CCN(CCN)C(=O)CC(N)C(=O)NC(CCc1ccccc1)C(=O)NCCNC(=O)c1ccc(C(F)(F)F)cc1. The van der Waals surface area contributed by atoms with E-state index in [1.807, 2.05) is 30.3 Å². The Morgan fingerprint density at radius 2 is 1.55 bits per heavy atom. The smallest absolute Gasteiger partial charge is 0.353 e. The van der Waals surface area contributed by atoms with Crippen molar-refractivity contribution in [3.05, 3.63) is 78.2 Å². The molecule has 4 amide bonds. The van der Waals surface area contributed by atoms with Crippen LogP contribution < -0.4 is 27.4 Å². The summed E-state index contributed by atoms with van der Waals surface area (Å²) in [4.78, 5) is 52.2. The lowest BCUT2D eigenvalue weighted by Crippen LogP contribution is -2.53. The number of rotatable bonds is 16. The Morgan fingerprint density at radius 3 is 2.14 bits per heavy atom. The van der Waals surface area contributed by atoms with Crippen LogP contribution in [0.5, 0.6) is 0 Å². The van der Waals surface area contributed by atoms with Crippen LogP contribution in [0.2, 0.25) is 0 Å². The number of nitrogens with zero attached hydrogens (tertiary/aromatic N) is 1. The minimum Gasteiger partial charge on any atom is -0.353 e. The third kappa shape index (κ3) is 11.4. The molecule has 2 unspecified atom stereocenters. The average Bonchev–Trinajstić information content (AvgIpc) is 2.97. The van der Waals surface area contributed by atoms with E-state index in [2.05, 4.69) is 22.9 Å². The zero-order valence-electron chi connectivity index (χ0n) is 23.3. The number of hydrogen-bond donors (Lipinski definition) is 5. The molecule has 0 spiro atoms.